The van der Waals surface area contributed by atoms with E-state index in [9.17, 15) is 0 Å². The minimum atomic E-state index is 0.152. The van der Waals surface area contributed by atoms with E-state index >= 15 is 0 Å². The maximum absolute atomic E-state index is 6.32. The molecule has 0 fully saturated rings. The molecule has 1 atom stereocenters. The van der Waals surface area contributed by atoms with Gasteiger partial charge in [-0.05, 0) is 165 Å². The van der Waals surface area contributed by atoms with Gasteiger partial charge in [0.05, 0.1) is 22.1 Å². The average Bonchev–Trinajstić information content (AvgIpc) is 1.53. The molecule has 0 unspecified atom stereocenters. The Kier molecular flexibility index (Phi) is 12.4. The van der Waals surface area contributed by atoms with Gasteiger partial charge in [0, 0.05) is 88.6 Å². The van der Waals surface area contributed by atoms with E-state index in [1.807, 2.05) is 24.3 Å². The first-order valence-corrected chi connectivity index (χ1v) is 32.5. The second kappa shape index (κ2) is 21.8. The minimum Gasteiger partial charge on any atom is -0.456 e. The van der Waals surface area contributed by atoms with Crippen molar-refractivity contribution < 1.29 is 8.83 Å². The first-order valence-electron chi connectivity index (χ1n) is 32.5. The largest absolute Gasteiger partial charge is 0.456 e. The molecule has 0 saturated carbocycles. The molecule has 15 aromatic carbocycles. The van der Waals surface area contributed by atoms with Crippen molar-refractivity contribution in [1.29, 1.82) is 0 Å². The van der Waals surface area contributed by atoms with Gasteiger partial charge in [-0.3, -0.25) is 0 Å². The summed E-state index contributed by atoms with van der Waals surface area (Å²) in [6.45, 7) is 0. The summed E-state index contributed by atoms with van der Waals surface area (Å²) in [5, 5.41) is 16.6. The van der Waals surface area contributed by atoms with Crippen LogP contribution in [0.15, 0.2) is 336 Å². The van der Waals surface area contributed by atoms with Gasteiger partial charge >= 0.3 is 0 Å². The van der Waals surface area contributed by atoms with Crippen molar-refractivity contribution >= 4 is 126 Å². The second-order valence-corrected chi connectivity index (χ2v) is 25.1. The number of anilines is 3. The summed E-state index contributed by atoms with van der Waals surface area (Å²) in [5.74, 6) is 1.91. The van der Waals surface area contributed by atoms with Crippen LogP contribution in [0.4, 0.5) is 17.1 Å². The predicted molar refractivity (Wildman–Crippen MR) is 393 cm³/mol. The molecule has 0 amide bonds. The first-order chi connectivity index (χ1) is 46.6. The highest BCUT2D eigenvalue weighted by molar-refractivity contribution is 6.31. The topological polar surface area (TPSA) is 39.4 Å². The lowest BCUT2D eigenvalue weighted by Gasteiger charge is -2.26. The van der Waals surface area contributed by atoms with Crippen LogP contribution < -0.4 is 4.90 Å². The number of fused-ring (bicyclic) bond motifs is 15. The van der Waals surface area contributed by atoms with Crippen molar-refractivity contribution in [2.75, 3.05) is 4.90 Å². The fourth-order valence-electron chi connectivity index (χ4n) is 15.2. The van der Waals surface area contributed by atoms with Crippen molar-refractivity contribution in [3.63, 3.8) is 0 Å². The first kappa shape index (κ1) is 53.6. The highest BCUT2D eigenvalue weighted by Crippen LogP contribution is 2.48. The van der Waals surface area contributed by atoms with Gasteiger partial charge in [-0.25, -0.2) is 0 Å². The van der Waals surface area contributed by atoms with Crippen molar-refractivity contribution in [3.05, 3.63) is 344 Å². The highest BCUT2D eigenvalue weighted by atomic mass is 16.3. The van der Waals surface area contributed by atoms with Crippen LogP contribution in [0.25, 0.3) is 143 Å². The van der Waals surface area contributed by atoms with E-state index in [4.69, 9.17) is 8.83 Å². The number of furan rings is 2. The van der Waals surface area contributed by atoms with Crippen LogP contribution in [0.2, 0.25) is 0 Å². The average molecular weight is 1200 g/mol. The summed E-state index contributed by atoms with van der Waals surface area (Å²) in [4.78, 5) is 2.38. The second-order valence-electron chi connectivity index (χ2n) is 25.1. The fraction of sp³-hybridized carbons (Fsp3) is 0.0337. The molecule has 94 heavy (non-hydrogen) atoms. The van der Waals surface area contributed by atoms with Crippen LogP contribution in [0, 0.1) is 0 Å². The van der Waals surface area contributed by atoms with Gasteiger partial charge in [-0.2, -0.15) is 0 Å². The van der Waals surface area contributed by atoms with E-state index in [-0.39, 0.29) is 5.92 Å². The molecular formula is C89H59N3O2. The van der Waals surface area contributed by atoms with E-state index in [0.29, 0.717) is 0 Å². The summed E-state index contributed by atoms with van der Waals surface area (Å²) >= 11 is 0. The maximum atomic E-state index is 6.32. The maximum Gasteiger partial charge on any atom is 0.135 e. The summed E-state index contributed by atoms with van der Waals surface area (Å²) in [6, 6.07) is 120. The number of hydrogen-bond acceptors (Lipinski definition) is 3. The molecule has 0 saturated heterocycles. The third-order valence-corrected chi connectivity index (χ3v) is 19.7. The molecule has 0 aliphatic heterocycles. The summed E-state index contributed by atoms with van der Waals surface area (Å²) in [5.41, 5.74) is 18.1. The van der Waals surface area contributed by atoms with Gasteiger partial charge in [-0.15, -0.1) is 0 Å². The lowest BCUT2D eigenvalue weighted by molar-refractivity contribution is 0.631. The van der Waals surface area contributed by atoms with E-state index in [1.165, 1.54) is 81.7 Å². The number of aryl methyl sites for hydroxylation is 1. The molecule has 5 heteroatoms. The molecule has 0 radical (unpaired) electrons. The summed E-state index contributed by atoms with van der Waals surface area (Å²) < 4.78 is 17.7. The zero-order chi connectivity index (χ0) is 61.8. The fourth-order valence-corrected chi connectivity index (χ4v) is 15.2. The van der Waals surface area contributed by atoms with E-state index in [1.54, 1.807) is 0 Å². The number of hydrogen-bond donors (Lipinski definition) is 0. The lowest BCUT2D eigenvalue weighted by atomic mass is 9.84. The molecule has 4 heterocycles. The van der Waals surface area contributed by atoms with Gasteiger partial charge in [0.1, 0.15) is 22.7 Å². The molecule has 0 aliphatic carbocycles. The smallest absolute Gasteiger partial charge is 0.135 e. The Labute approximate surface area is 542 Å². The number of aromatic nitrogens is 2. The summed E-state index contributed by atoms with van der Waals surface area (Å²) in [6.07, 6.45) is 1.93. The Morgan fingerprint density at radius 1 is 0.298 bits per heavy atom. The number of benzene rings is 15. The quantitative estimate of drug-likeness (QED) is 0.122. The van der Waals surface area contributed by atoms with Crippen LogP contribution in [-0.4, -0.2) is 9.13 Å². The number of para-hydroxylation sites is 5. The van der Waals surface area contributed by atoms with Gasteiger partial charge in [0.2, 0.25) is 0 Å². The van der Waals surface area contributed by atoms with Crippen molar-refractivity contribution in [1.82, 2.24) is 9.13 Å². The van der Waals surface area contributed by atoms with E-state index in [2.05, 4.69) is 317 Å². The Morgan fingerprint density at radius 3 is 1.40 bits per heavy atom. The Morgan fingerprint density at radius 2 is 0.745 bits per heavy atom. The zero-order valence-electron chi connectivity index (χ0n) is 51.3. The van der Waals surface area contributed by atoms with Gasteiger partial charge in [-0.1, -0.05) is 224 Å². The van der Waals surface area contributed by atoms with Gasteiger partial charge in [0.25, 0.3) is 0 Å². The summed E-state index contributed by atoms with van der Waals surface area (Å²) in [7, 11) is 0. The van der Waals surface area contributed by atoms with Crippen LogP contribution in [0.3, 0.4) is 0 Å². The molecule has 19 rings (SSSR count). The molecule has 0 N–H and O–H groups in total. The number of rotatable bonds is 12. The Bertz CT molecular complexity index is 6110. The normalized spacial score (nSPS) is 12.3. The molecule has 442 valence electrons. The Balaban J connectivity index is 0.759. The minimum absolute atomic E-state index is 0.152. The molecule has 0 spiro atoms. The van der Waals surface area contributed by atoms with Crippen LogP contribution in [0.5, 0.6) is 0 Å². The van der Waals surface area contributed by atoms with Crippen molar-refractivity contribution in [2.45, 2.75) is 18.8 Å². The third kappa shape index (κ3) is 8.92. The molecular weight excluding hydrogens is 1140 g/mol. The van der Waals surface area contributed by atoms with Gasteiger partial charge < -0.3 is 22.9 Å². The number of nitrogens with zero attached hydrogens (tertiary/aromatic N) is 3. The van der Waals surface area contributed by atoms with Crippen molar-refractivity contribution in [2.24, 2.45) is 0 Å². The van der Waals surface area contributed by atoms with E-state index < -0.39 is 0 Å². The van der Waals surface area contributed by atoms with Crippen LogP contribution >= 0.6 is 0 Å². The monoisotopic (exact) mass is 1200 g/mol. The zero-order valence-corrected chi connectivity index (χ0v) is 51.3. The van der Waals surface area contributed by atoms with Gasteiger partial charge in [0.15, 0.2) is 0 Å². The van der Waals surface area contributed by atoms with Crippen molar-refractivity contribution in [3.8, 4) is 34.0 Å². The third-order valence-electron chi connectivity index (χ3n) is 19.7. The standard InChI is InChI=1S/C89H59N3O2/c1-5-17-57(18-6-1)29-42-75(62-33-30-59-50-68(34-31-58(59)49-62)84-55-66-19-13-15-27-82(66)93-84)63-37-43-76-64(52-63)38-44-78-79-47-48-81-86(89(79)92(87(76)78)72-25-11-4-12-26-72)80-45-39-65-54-74(41-46-77(65)88(80)91(81)71-23-9-3-10-24-71)90(70-21-7-2-8-22-70)73-40-36-60-51-69(35-32-61(60)53-73)85-56-67-20-14-16-28-83(67)94-85/h1-28,30-41,43-56,75H,29,42H2/t75-/m1/s1. The molecule has 5 nitrogen and oxygen atoms in total. The van der Waals surface area contributed by atoms with Crippen LogP contribution in [0.1, 0.15) is 29.0 Å². The molecule has 0 bridgehead atoms. The lowest BCUT2D eigenvalue weighted by Crippen LogP contribution is -2.09. The van der Waals surface area contributed by atoms with E-state index in [0.717, 1.165) is 108 Å². The predicted octanol–water partition coefficient (Wildman–Crippen LogP) is 24.6. The van der Waals surface area contributed by atoms with Crippen LogP contribution in [-0.2, 0) is 6.42 Å². The highest BCUT2D eigenvalue weighted by Gasteiger charge is 2.26. The molecule has 4 aromatic heterocycles. The Hall–Kier alpha value is -12.2. The molecule has 19 aromatic rings. The molecule has 0 aliphatic rings. The SMILES string of the molecule is c1ccc(CC[C@H](c2ccc3cc(-c4cc5ccccc5o4)ccc3c2)c2ccc3c(ccc4c5ccc6c(c7ccc8cc(N(c9ccccc9)c9ccc%10cc(-c%11cc%12ccccc%12o%11)ccc%10c9)ccc8c7n6-c6ccccc6)c5n(-c5ccccc5)c34)c2)cc1.